The summed E-state index contributed by atoms with van der Waals surface area (Å²) in [5.74, 6) is 0.313. The second kappa shape index (κ2) is 9.27. The summed E-state index contributed by atoms with van der Waals surface area (Å²) in [6.07, 6.45) is 4.61. The number of carbonyl (C=O) groups excluding carboxylic acids is 1. The molecule has 26 heavy (non-hydrogen) atoms. The highest BCUT2D eigenvalue weighted by Crippen LogP contribution is 2.28. The van der Waals surface area contributed by atoms with Crippen molar-refractivity contribution in [2.45, 2.75) is 0 Å². The lowest BCUT2D eigenvalue weighted by Gasteiger charge is -2.09. The van der Waals surface area contributed by atoms with Gasteiger partial charge in [-0.05, 0) is 35.9 Å². The lowest BCUT2D eigenvalue weighted by molar-refractivity contribution is -0.111. The van der Waals surface area contributed by atoms with Gasteiger partial charge in [-0.25, -0.2) is 4.39 Å². The van der Waals surface area contributed by atoms with Crippen LogP contribution in [0.3, 0.4) is 0 Å². The monoisotopic (exact) mass is 357 g/mol. The molecule has 0 aromatic heterocycles. The molecule has 1 amide bonds. The van der Waals surface area contributed by atoms with E-state index in [-0.39, 0.29) is 11.7 Å². The molecule has 1 N–H and O–H groups in total. The minimum atomic E-state index is -0.547. The fourth-order valence-corrected chi connectivity index (χ4v) is 2.16. The Morgan fingerprint density at radius 2 is 1.85 bits per heavy atom. The molecule has 0 aliphatic rings. The van der Waals surface area contributed by atoms with Gasteiger partial charge in [0.15, 0.2) is 23.1 Å². The van der Waals surface area contributed by atoms with Crippen LogP contribution in [0.25, 0.3) is 6.08 Å². The number of nitrogens with one attached hydrogen (secondary N) is 1. The number of ether oxygens (including phenoxy) is 3. The first-order valence-corrected chi connectivity index (χ1v) is 7.81. The third-order valence-electron chi connectivity index (χ3n) is 3.39. The van der Waals surface area contributed by atoms with Gasteiger partial charge in [0.05, 0.1) is 14.2 Å². The molecule has 0 unspecified atom stereocenters. The SMILES string of the molecule is C=CCOc1ccc(/C=C/C(=O)Nc2ccc(OC)c(F)c2)cc1OC. The van der Waals surface area contributed by atoms with E-state index in [1.165, 1.54) is 32.4 Å². The van der Waals surface area contributed by atoms with E-state index < -0.39 is 5.82 Å². The van der Waals surface area contributed by atoms with Gasteiger partial charge in [0.1, 0.15) is 6.61 Å². The number of halogens is 1. The zero-order valence-electron chi connectivity index (χ0n) is 14.6. The van der Waals surface area contributed by atoms with Gasteiger partial charge in [0, 0.05) is 17.8 Å². The van der Waals surface area contributed by atoms with E-state index in [9.17, 15) is 9.18 Å². The zero-order valence-corrected chi connectivity index (χ0v) is 14.6. The summed E-state index contributed by atoms with van der Waals surface area (Å²) in [5.41, 5.74) is 1.09. The van der Waals surface area contributed by atoms with Gasteiger partial charge in [-0.3, -0.25) is 4.79 Å². The molecule has 0 saturated carbocycles. The van der Waals surface area contributed by atoms with E-state index in [0.29, 0.717) is 23.8 Å². The predicted molar refractivity (Wildman–Crippen MR) is 99.3 cm³/mol. The molecule has 0 spiro atoms. The molecule has 5 nitrogen and oxygen atoms in total. The number of methoxy groups -OCH3 is 2. The number of anilines is 1. The molecule has 0 aliphatic carbocycles. The van der Waals surface area contributed by atoms with Crippen molar-refractivity contribution in [1.29, 1.82) is 0 Å². The highest BCUT2D eigenvalue weighted by molar-refractivity contribution is 6.02. The molecule has 6 heteroatoms. The Balaban J connectivity index is 2.05. The van der Waals surface area contributed by atoms with Crippen molar-refractivity contribution >= 4 is 17.7 Å². The number of benzene rings is 2. The predicted octanol–water partition coefficient (Wildman–Crippen LogP) is 4.06. The molecule has 0 heterocycles. The van der Waals surface area contributed by atoms with Crippen LogP contribution < -0.4 is 19.5 Å². The van der Waals surface area contributed by atoms with Crippen LogP contribution in [0.4, 0.5) is 10.1 Å². The van der Waals surface area contributed by atoms with Gasteiger partial charge in [0.25, 0.3) is 0 Å². The molecular formula is C20H20FNO4. The third-order valence-corrected chi connectivity index (χ3v) is 3.39. The van der Waals surface area contributed by atoms with Crippen LogP contribution in [0.1, 0.15) is 5.56 Å². The van der Waals surface area contributed by atoms with Crippen LogP contribution in [0, 0.1) is 5.82 Å². The van der Waals surface area contributed by atoms with Gasteiger partial charge in [-0.2, -0.15) is 0 Å². The molecule has 0 bridgehead atoms. The number of amides is 1. The Morgan fingerprint density at radius 1 is 1.12 bits per heavy atom. The number of hydrogen-bond acceptors (Lipinski definition) is 4. The summed E-state index contributed by atoms with van der Waals surface area (Å²) >= 11 is 0. The number of hydrogen-bond donors (Lipinski definition) is 1. The van der Waals surface area contributed by atoms with Crippen LogP contribution in [0.15, 0.2) is 55.1 Å². The fraction of sp³-hybridized carbons (Fsp3) is 0.150. The van der Waals surface area contributed by atoms with Gasteiger partial charge >= 0.3 is 0 Å². The van der Waals surface area contributed by atoms with E-state index in [0.717, 1.165) is 5.56 Å². The van der Waals surface area contributed by atoms with Crippen molar-refractivity contribution in [3.63, 3.8) is 0 Å². The molecule has 2 aromatic carbocycles. The maximum atomic E-state index is 13.6. The van der Waals surface area contributed by atoms with E-state index in [2.05, 4.69) is 11.9 Å². The lowest BCUT2D eigenvalue weighted by atomic mass is 10.2. The van der Waals surface area contributed by atoms with Gasteiger partial charge in [-0.1, -0.05) is 18.7 Å². The summed E-state index contributed by atoms with van der Waals surface area (Å²) in [4.78, 5) is 12.0. The van der Waals surface area contributed by atoms with E-state index >= 15 is 0 Å². The molecule has 0 aliphatic heterocycles. The van der Waals surface area contributed by atoms with Crippen LogP contribution in [0.2, 0.25) is 0 Å². The summed E-state index contributed by atoms with van der Waals surface area (Å²) in [6, 6.07) is 9.48. The van der Waals surface area contributed by atoms with Crippen molar-refractivity contribution in [3.8, 4) is 17.2 Å². The minimum Gasteiger partial charge on any atom is -0.494 e. The van der Waals surface area contributed by atoms with Crippen LogP contribution in [-0.2, 0) is 4.79 Å². The van der Waals surface area contributed by atoms with Crippen molar-refractivity contribution < 1.29 is 23.4 Å². The lowest BCUT2D eigenvalue weighted by Crippen LogP contribution is -2.08. The van der Waals surface area contributed by atoms with Gasteiger partial charge in [-0.15, -0.1) is 0 Å². The third kappa shape index (κ3) is 5.11. The zero-order chi connectivity index (χ0) is 18.9. The Kier molecular flexibility index (Phi) is 6.79. The number of carbonyl (C=O) groups is 1. The first-order valence-electron chi connectivity index (χ1n) is 7.81. The standard InChI is InChI=1S/C20H20FNO4/c1-4-11-26-18-8-5-14(12-19(18)25-3)6-10-20(23)22-15-7-9-17(24-2)16(21)13-15/h4-10,12-13H,1,11H2,2-3H3,(H,22,23)/b10-6+. The van der Waals surface area contributed by atoms with Crippen LogP contribution in [0.5, 0.6) is 17.2 Å². The second-order valence-electron chi connectivity index (χ2n) is 5.18. The number of rotatable bonds is 8. The van der Waals surface area contributed by atoms with Crippen LogP contribution in [-0.4, -0.2) is 26.7 Å². The minimum absolute atomic E-state index is 0.115. The highest BCUT2D eigenvalue weighted by Gasteiger charge is 2.06. The Labute approximate surface area is 151 Å². The van der Waals surface area contributed by atoms with Gasteiger partial charge in [0.2, 0.25) is 5.91 Å². The van der Waals surface area contributed by atoms with E-state index in [4.69, 9.17) is 14.2 Å². The quantitative estimate of drug-likeness (QED) is 0.572. The van der Waals surface area contributed by atoms with E-state index in [1.807, 2.05) is 0 Å². The average molecular weight is 357 g/mol. The molecule has 2 rings (SSSR count). The molecular weight excluding hydrogens is 337 g/mol. The summed E-state index contributed by atoms with van der Waals surface area (Å²) < 4.78 is 29.2. The molecule has 0 atom stereocenters. The van der Waals surface area contributed by atoms with E-state index in [1.54, 1.807) is 36.4 Å². The molecule has 2 aromatic rings. The highest BCUT2D eigenvalue weighted by atomic mass is 19.1. The molecule has 136 valence electrons. The van der Waals surface area contributed by atoms with Crippen molar-refractivity contribution in [1.82, 2.24) is 0 Å². The first-order chi connectivity index (χ1) is 12.6. The Morgan fingerprint density at radius 3 is 2.50 bits per heavy atom. The smallest absolute Gasteiger partial charge is 0.248 e. The topological polar surface area (TPSA) is 56.8 Å². The Bertz CT molecular complexity index is 817. The summed E-state index contributed by atoms with van der Waals surface area (Å²) in [5, 5.41) is 2.58. The molecule has 0 fully saturated rings. The largest absolute Gasteiger partial charge is 0.494 e. The molecule has 0 saturated heterocycles. The maximum Gasteiger partial charge on any atom is 0.248 e. The summed E-state index contributed by atoms with van der Waals surface area (Å²) in [7, 11) is 2.91. The molecule has 0 radical (unpaired) electrons. The van der Waals surface area contributed by atoms with Crippen molar-refractivity contribution in [2.75, 3.05) is 26.1 Å². The maximum absolute atomic E-state index is 13.6. The average Bonchev–Trinajstić information content (AvgIpc) is 2.65. The summed E-state index contributed by atoms with van der Waals surface area (Å²) in [6.45, 7) is 3.96. The van der Waals surface area contributed by atoms with Crippen molar-refractivity contribution in [2.24, 2.45) is 0 Å². The first kappa shape index (κ1) is 19.1. The Hall–Kier alpha value is -3.28. The van der Waals surface area contributed by atoms with Gasteiger partial charge < -0.3 is 19.5 Å². The normalized spacial score (nSPS) is 10.4. The van der Waals surface area contributed by atoms with Crippen LogP contribution >= 0.6 is 0 Å². The fourth-order valence-electron chi connectivity index (χ4n) is 2.16. The second-order valence-corrected chi connectivity index (χ2v) is 5.18. The van der Waals surface area contributed by atoms with Crippen molar-refractivity contribution in [3.05, 3.63) is 66.5 Å².